The average molecular weight is 1490 g/mol. The van der Waals surface area contributed by atoms with E-state index in [1.54, 1.807) is 0 Å². The summed E-state index contributed by atoms with van der Waals surface area (Å²) in [6.07, 6.45) is 70.6. The van der Waals surface area contributed by atoms with E-state index in [1.807, 2.05) is 0 Å². The van der Waals surface area contributed by atoms with Crippen molar-refractivity contribution in [3.8, 4) is 0 Å². The third kappa shape index (κ3) is 76.3. The lowest BCUT2D eigenvalue weighted by atomic mass is 10.0. The molecule has 0 bridgehead atoms. The number of hydrogen-bond acceptors (Lipinski definition) is 15. The van der Waals surface area contributed by atoms with Crippen molar-refractivity contribution in [3.63, 3.8) is 0 Å². The Labute approximate surface area is 626 Å². The standard InChI is InChI=1S/C83H162O17P2/c1-5-9-13-17-21-25-29-33-36-38-39-41-43-46-50-54-58-62-66-70-83(88)100-79(74-94-81(86)68-64-60-56-52-48-45-42-40-37-34-30-26-22-18-14-10-6-2)76-98-102(91,92)96-72-77(84)71-95-101(89,90)97-75-78(73-93-80(85)67-63-59-55-51-47-32-28-24-20-16-12-8-4)99-82(87)69-65-61-57-53-49-44-35-31-27-23-19-15-11-7-3/h77-79,84H,5-76H2,1-4H3,(H,89,90)(H,91,92)/t77-,78+,79+/m0/s1. The fourth-order valence-corrected chi connectivity index (χ4v) is 14.6. The highest BCUT2D eigenvalue weighted by Crippen LogP contribution is 2.45. The first-order valence-electron chi connectivity index (χ1n) is 43.3. The molecule has 19 heteroatoms. The molecule has 606 valence electrons. The van der Waals surface area contributed by atoms with E-state index in [-0.39, 0.29) is 25.7 Å². The van der Waals surface area contributed by atoms with Crippen LogP contribution in [0, 0.1) is 0 Å². The number of phosphoric ester groups is 2. The van der Waals surface area contributed by atoms with Crippen LogP contribution in [-0.4, -0.2) is 96.7 Å². The van der Waals surface area contributed by atoms with Gasteiger partial charge in [-0.2, -0.15) is 0 Å². The second-order valence-electron chi connectivity index (χ2n) is 29.9. The molecule has 0 aliphatic rings. The van der Waals surface area contributed by atoms with Crippen LogP contribution in [0.4, 0.5) is 0 Å². The minimum atomic E-state index is -4.96. The van der Waals surface area contributed by atoms with Gasteiger partial charge in [0, 0.05) is 25.7 Å². The van der Waals surface area contributed by atoms with E-state index in [2.05, 4.69) is 27.7 Å². The topological polar surface area (TPSA) is 237 Å². The van der Waals surface area contributed by atoms with Gasteiger partial charge >= 0.3 is 39.5 Å². The molecule has 5 atom stereocenters. The van der Waals surface area contributed by atoms with Crippen LogP contribution in [0.25, 0.3) is 0 Å². The van der Waals surface area contributed by atoms with Crippen LogP contribution in [0.15, 0.2) is 0 Å². The molecule has 0 rings (SSSR count). The summed E-state index contributed by atoms with van der Waals surface area (Å²) < 4.78 is 68.8. The van der Waals surface area contributed by atoms with Crippen molar-refractivity contribution < 1.29 is 80.2 Å². The summed E-state index contributed by atoms with van der Waals surface area (Å²) in [6.45, 7) is 5.05. The first-order chi connectivity index (χ1) is 49.7. The molecule has 2 unspecified atom stereocenters. The van der Waals surface area contributed by atoms with Crippen molar-refractivity contribution >= 4 is 39.5 Å². The molecule has 0 aliphatic carbocycles. The van der Waals surface area contributed by atoms with Crippen molar-refractivity contribution in [1.82, 2.24) is 0 Å². The number of esters is 4. The number of carbonyl (C=O) groups excluding carboxylic acids is 4. The molecule has 0 aromatic heterocycles. The normalized spacial score (nSPS) is 13.8. The maximum Gasteiger partial charge on any atom is 0.472 e. The number of phosphoric acid groups is 2. The highest BCUT2D eigenvalue weighted by molar-refractivity contribution is 7.47. The molecule has 0 aromatic rings. The molecule has 0 fully saturated rings. The second-order valence-corrected chi connectivity index (χ2v) is 32.8. The molecule has 0 spiro atoms. The van der Waals surface area contributed by atoms with Gasteiger partial charge < -0.3 is 33.8 Å². The summed E-state index contributed by atoms with van der Waals surface area (Å²) in [7, 11) is -9.92. The third-order valence-corrected chi connectivity index (χ3v) is 21.5. The SMILES string of the molecule is CCCCCCCCCCCCCCCCCCCCCC(=O)O[C@H](COC(=O)CCCCCCCCCCCCCCCCCCC)COP(=O)(O)OC[C@@H](O)COP(=O)(O)OC[C@@H](COC(=O)CCCCCCCCCCCCCC)OC(=O)CCCCCCCCCCCCCCCC. The molecule has 0 saturated heterocycles. The number of aliphatic hydroxyl groups excluding tert-OH is 1. The van der Waals surface area contributed by atoms with Gasteiger partial charge in [-0.15, -0.1) is 0 Å². The van der Waals surface area contributed by atoms with Gasteiger partial charge in [-0.25, -0.2) is 9.13 Å². The summed E-state index contributed by atoms with van der Waals surface area (Å²) in [6, 6.07) is 0. The van der Waals surface area contributed by atoms with Crippen molar-refractivity contribution in [2.75, 3.05) is 39.6 Å². The molecule has 0 amide bonds. The van der Waals surface area contributed by atoms with Gasteiger partial charge in [0.25, 0.3) is 0 Å². The summed E-state index contributed by atoms with van der Waals surface area (Å²) in [5.74, 6) is -2.10. The maximum absolute atomic E-state index is 13.1. The number of hydrogen-bond donors (Lipinski definition) is 3. The van der Waals surface area contributed by atoms with Crippen LogP contribution in [0.5, 0.6) is 0 Å². The average Bonchev–Trinajstić information content (AvgIpc) is 0.916. The maximum atomic E-state index is 13.1. The van der Waals surface area contributed by atoms with Gasteiger partial charge in [-0.3, -0.25) is 37.3 Å². The quantitative estimate of drug-likeness (QED) is 0.0222. The van der Waals surface area contributed by atoms with Gasteiger partial charge in [0.05, 0.1) is 26.4 Å². The fourth-order valence-electron chi connectivity index (χ4n) is 13.0. The monoisotopic (exact) mass is 1490 g/mol. The first-order valence-corrected chi connectivity index (χ1v) is 46.3. The highest BCUT2D eigenvalue weighted by atomic mass is 31.2. The molecule has 0 aliphatic heterocycles. The van der Waals surface area contributed by atoms with E-state index in [0.717, 1.165) is 89.9 Å². The predicted molar refractivity (Wildman–Crippen MR) is 419 cm³/mol. The molecule has 3 N–H and O–H groups in total. The van der Waals surface area contributed by atoms with Crippen LogP contribution in [0.1, 0.15) is 451 Å². The molecule has 0 aromatic carbocycles. The van der Waals surface area contributed by atoms with Gasteiger partial charge in [-0.1, -0.05) is 400 Å². The molecule has 0 radical (unpaired) electrons. The Bertz CT molecular complexity index is 1930. The van der Waals surface area contributed by atoms with E-state index >= 15 is 0 Å². The second kappa shape index (κ2) is 77.2. The number of carbonyl (C=O) groups is 4. The fraction of sp³-hybridized carbons (Fsp3) is 0.952. The Morgan fingerprint density at radius 1 is 0.235 bits per heavy atom. The van der Waals surface area contributed by atoms with E-state index in [9.17, 15) is 43.2 Å². The lowest BCUT2D eigenvalue weighted by Crippen LogP contribution is -2.30. The van der Waals surface area contributed by atoms with E-state index in [0.29, 0.717) is 25.7 Å². The minimum Gasteiger partial charge on any atom is -0.462 e. The lowest BCUT2D eigenvalue weighted by molar-refractivity contribution is -0.161. The summed E-state index contributed by atoms with van der Waals surface area (Å²) >= 11 is 0. The van der Waals surface area contributed by atoms with Crippen LogP contribution >= 0.6 is 15.6 Å². The van der Waals surface area contributed by atoms with E-state index in [1.165, 1.54) is 283 Å². The zero-order chi connectivity index (χ0) is 74.6. The molecule has 0 saturated carbocycles. The predicted octanol–water partition coefficient (Wildman–Crippen LogP) is 25.4. The number of unbranched alkanes of at least 4 members (excludes halogenated alkanes) is 58. The summed E-state index contributed by atoms with van der Waals surface area (Å²) in [5.41, 5.74) is 0. The van der Waals surface area contributed by atoms with Gasteiger partial charge in [0.2, 0.25) is 0 Å². The highest BCUT2D eigenvalue weighted by Gasteiger charge is 2.30. The number of aliphatic hydroxyl groups is 1. The Kier molecular flexibility index (Phi) is 75.8. The lowest BCUT2D eigenvalue weighted by Gasteiger charge is -2.21. The molecule has 17 nitrogen and oxygen atoms in total. The minimum absolute atomic E-state index is 0.109. The molecule has 0 heterocycles. The van der Waals surface area contributed by atoms with Gasteiger partial charge in [0.15, 0.2) is 12.2 Å². The molecular weight excluding hydrogens is 1330 g/mol. The van der Waals surface area contributed by atoms with Crippen LogP contribution in [-0.2, 0) is 65.4 Å². The molecular formula is C83H162O17P2. The van der Waals surface area contributed by atoms with Crippen molar-refractivity contribution in [1.29, 1.82) is 0 Å². The largest absolute Gasteiger partial charge is 0.472 e. The van der Waals surface area contributed by atoms with Crippen LogP contribution in [0.2, 0.25) is 0 Å². The summed E-state index contributed by atoms with van der Waals surface area (Å²) in [5, 5.41) is 10.7. The zero-order valence-corrected chi connectivity index (χ0v) is 68.4. The Morgan fingerprint density at radius 2 is 0.392 bits per heavy atom. The Balaban J connectivity index is 5.25. The van der Waals surface area contributed by atoms with Crippen molar-refractivity contribution in [3.05, 3.63) is 0 Å². The van der Waals surface area contributed by atoms with Crippen LogP contribution < -0.4 is 0 Å². The van der Waals surface area contributed by atoms with Crippen molar-refractivity contribution in [2.24, 2.45) is 0 Å². The van der Waals surface area contributed by atoms with Gasteiger partial charge in [0.1, 0.15) is 19.3 Å². The number of ether oxygens (including phenoxy) is 4. The van der Waals surface area contributed by atoms with Gasteiger partial charge in [-0.05, 0) is 25.7 Å². The zero-order valence-electron chi connectivity index (χ0n) is 66.6. The summed E-state index contributed by atoms with van der Waals surface area (Å²) in [4.78, 5) is 73.1. The Hall–Kier alpha value is -1.94. The molecule has 102 heavy (non-hydrogen) atoms. The third-order valence-electron chi connectivity index (χ3n) is 19.6. The van der Waals surface area contributed by atoms with Crippen molar-refractivity contribution in [2.45, 2.75) is 470 Å². The smallest absolute Gasteiger partial charge is 0.462 e. The number of rotatable bonds is 84. The van der Waals surface area contributed by atoms with E-state index in [4.69, 9.17) is 37.0 Å². The van der Waals surface area contributed by atoms with E-state index < -0.39 is 97.5 Å². The first kappa shape index (κ1) is 100. The Morgan fingerprint density at radius 3 is 0.578 bits per heavy atom. The van der Waals surface area contributed by atoms with Crippen LogP contribution in [0.3, 0.4) is 0 Å².